The number of aromatic nitrogens is 1. The van der Waals surface area contributed by atoms with Crippen LogP contribution in [0.1, 0.15) is 46.7 Å². The van der Waals surface area contributed by atoms with Gasteiger partial charge in [0.1, 0.15) is 17.4 Å². The van der Waals surface area contributed by atoms with Crippen molar-refractivity contribution in [3.05, 3.63) is 45.4 Å². The Balaban J connectivity index is 2.08. The molecule has 0 amide bonds. The molecule has 20 heavy (non-hydrogen) atoms. The van der Waals surface area contributed by atoms with E-state index in [1.54, 1.807) is 6.92 Å². The Morgan fingerprint density at radius 2 is 2.10 bits per heavy atom. The summed E-state index contributed by atoms with van der Waals surface area (Å²) in [6, 6.07) is 8.06. The van der Waals surface area contributed by atoms with Gasteiger partial charge in [0.05, 0.1) is 10.6 Å². The van der Waals surface area contributed by atoms with E-state index in [1.807, 2.05) is 25.1 Å². The third-order valence-corrected chi connectivity index (χ3v) is 4.24. The first kappa shape index (κ1) is 14.7. The highest BCUT2D eigenvalue weighted by Crippen LogP contribution is 2.22. The van der Waals surface area contributed by atoms with E-state index in [2.05, 4.69) is 18.0 Å². The molecule has 0 saturated carbocycles. The van der Waals surface area contributed by atoms with Gasteiger partial charge in [0.2, 0.25) is 0 Å². The Labute approximate surface area is 123 Å². The normalized spacial score (nSPS) is 10.6. The first-order chi connectivity index (χ1) is 9.63. The number of hydrogen-bond donors (Lipinski definition) is 0. The predicted molar refractivity (Wildman–Crippen MR) is 81.6 cm³/mol. The second-order valence-electron chi connectivity index (χ2n) is 4.58. The molecular formula is C16H19NO2S. The lowest BCUT2D eigenvalue weighted by atomic mass is 10.2. The van der Waals surface area contributed by atoms with E-state index < -0.39 is 0 Å². The van der Waals surface area contributed by atoms with Crippen LogP contribution in [0.4, 0.5) is 0 Å². The Bertz CT molecular complexity index is 604. The minimum absolute atomic E-state index is 0.0820. The molecule has 0 bridgehead atoms. The van der Waals surface area contributed by atoms with E-state index in [0.29, 0.717) is 6.61 Å². The lowest BCUT2D eigenvalue weighted by molar-refractivity contribution is 0.102. The van der Waals surface area contributed by atoms with E-state index in [0.717, 1.165) is 34.2 Å². The Morgan fingerprint density at radius 3 is 2.70 bits per heavy atom. The van der Waals surface area contributed by atoms with Crippen LogP contribution in [0, 0.1) is 0 Å². The van der Waals surface area contributed by atoms with Gasteiger partial charge in [0, 0.05) is 6.92 Å². The van der Waals surface area contributed by atoms with E-state index >= 15 is 0 Å². The summed E-state index contributed by atoms with van der Waals surface area (Å²) in [7, 11) is 0. The number of Topliss-reactive ketones (excluding diaryl/α,β-unsaturated/α-hetero) is 1. The van der Waals surface area contributed by atoms with Gasteiger partial charge in [-0.05, 0) is 30.5 Å². The topological polar surface area (TPSA) is 39.2 Å². The number of ether oxygens (including phenoxy) is 1. The van der Waals surface area contributed by atoms with Gasteiger partial charge in [-0.15, -0.1) is 11.3 Å². The SMILES string of the molecule is CCc1cccc(OCc2nc(CC)c(C(C)=O)s2)c1. The molecule has 0 aliphatic heterocycles. The van der Waals surface area contributed by atoms with E-state index in [9.17, 15) is 4.79 Å². The number of aryl methyl sites for hydroxylation is 2. The molecule has 1 heterocycles. The summed E-state index contributed by atoms with van der Waals surface area (Å²) >= 11 is 1.44. The van der Waals surface area contributed by atoms with Gasteiger partial charge in [-0.2, -0.15) is 0 Å². The van der Waals surface area contributed by atoms with Crippen LogP contribution < -0.4 is 4.74 Å². The lowest BCUT2D eigenvalue weighted by Gasteiger charge is -2.05. The zero-order chi connectivity index (χ0) is 14.5. The van der Waals surface area contributed by atoms with Crippen LogP contribution in [0.5, 0.6) is 5.75 Å². The van der Waals surface area contributed by atoms with Gasteiger partial charge in [-0.25, -0.2) is 4.98 Å². The van der Waals surface area contributed by atoms with Crippen molar-refractivity contribution in [2.24, 2.45) is 0 Å². The molecule has 2 aromatic rings. The van der Waals surface area contributed by atoms with Gasteiger partial charge < -0.3 is 4.74 Å². The molecule has 0 unspecified atom stereocenters. The second kappa shape index (κ2) is 6.66. The summed E-state index contributed by atoms with van der Waals surface area (Å²) < 4.78 is 5.76. The van der Waals surface area contributed by atoms with Crippen LogP contribution >= 0.6 is 11.3 Å². The molecule has 1 aromatic carbocycles. The number of ketones is 1. The third-order valence-electron chi connectivity index (χ3n) is 3.07. The maximum atomic E-state index is 11.5. The first-order valence-electron chi connectivity index (χ1n) is 6.85. The highest BCUT2D eigenvalue weighted by atomic mass is 32.1. The smallest absolute Gasteiger partial charge is 0.171 e. The van der Waals surface area contributed by atoms with Crippen molar-refractivity contribution in [1.29, 1.82) is 0 Å². The minimum atomic E-state index is 0.0820. The molecule has 2 rings (SSSR count). The number of benzene rings is 1. The van der Waals surface area contributed by atoms with Crippen LogP contribution in [0.3, 0.4) is 0 Å². The largest absolute Gasteiger partial charge is 0.486 e. The number of carbonyl (C=O) groups is 1. The zero-order valence-corrected chi connectivity index (χ0v) is 12.9. The summed E-state index contributed by atoms with van der Waals surface area (Å²) in [5, 5.41) is 0.856. The molecule has 0 radical (unpaired) electrons. The summed E-state index contributed by atoms with van der Waals surface area (Å²) in [5.74, 6) is 0.931. The van der Waals surface area contributed by atoms with Crippen LogP contribution in [0.2, 0.25) is 0 Å². The van der Waals surface area contributed by atoms with Crippen molar-refractivity contribution >= 4 is 17.1 Å². The molecular weight excluding hydrogens is 270 g/mol. The molecule has 0 N–H and O–H groups in total. The number of hydrogen-bond acceptors (Lipinski definition) is 4. The third kappa shape index (κ3) is 3.45. The average Bonchev–Trinajstić information content (AvgIpc) is 2.89. The van der Waals surface area contributed by atoms with Crippen LogP contribution in [0.15, 0.2) is 24.3 Å². The Hall–Kier alpha value is -1.68. The molecule has 1 aromatic heterocycles. The van der Waals surface area contributed by atoms with Gasteiger partial charge in [0.15, 0.2) is 5.78 Å². The van der Waals surface area contributed by atoms with Crippen molar-refractivity contribution in [1.82, 2.24) is 4.98 Å². The summed E-state index contributed by atoms with van der Waals surface area (Å²) in [4.78, 5) is 16.8. The molecule has 0 atom stereocenters. The predicted octanol–water partition coefficient (Wildman–Crippen LogP) is 4.05. The van der Waals surface area contributed by atoms with Crippen molar-refractivity contribution in [2.75, 3.05) is 0 Å². The number of thiazole rings is 1. The molecule has 0 fully saturated rings. The van der Waals surface area contributed by atoms with Gasteiger partial charge in [-0.1, -0.05) is 26.0 Å². The fraction of sp³-hybridized carbons (Fsp3) is 0.375. The van der Waals surface area contributed by atoms with Crippen LogP contribution in [-0.4, -0.2) is 10.8 Å². The van der Waals surface area contributed by atoms with Gasteiger partial charge in [0.25, 0.3) is 0 Å². The summed E-state index contributed by atoms with van der Waals surface area (Å²) in [6.07, 6.45) is 1.76. The molecule has 106 valence electrons. The van der Waals surface area contributed by atoms with Gasteiger partial charge in [-0.3, -0.25) is 4.79 Å². The lowest BCUT2D eigenvalue weighted by Crippen LogP contribution is -1.96. The summed E-state index contributed by atoms with van der Waals surface area (Å²) in [5.41, 5.74) is 2.13. The quantitative estimate of drug-likeness (QED) is 0.753. The second-order valence-corrected chi connectivity index (χ2v) is 5.67. The van der Waals surface area contributed by atoms with Crippen molar-refractivity contribution < 1.29 is 9.53 Å². The average molecular weight is 289 g/mol. The number of nitrogens with zero attached hydrogens (tertiary/aromatic N) is 1. The molecule has 3 nitrogen and oxygen atoms in total. The Kier molecular flexibility index (Phi) is 4.90. The van der Waals surface area contributed by atoms with E-state index in [1.165, 1.54) is 16.9 Å². The van der Waals surface area contributed by atoms with Crippen molar-refractivity contribution in [3.63, 3.8) is 0 Å². The standard InChI is InChI=1S/C16H19NO2S/c1-4-12-7-6-8-13(9-12)19-10-15-17-14(5-2)16(20-15)11(3)18/h6-9H,4-5,10H2,1-3H3. The Morgan fingerprint density at radius 1 is 1.30 bits per heavy atom. The van der Waals surface area contributed by atoms with Crippen molar-refractivity contribution in [2.45, 2.75) is 40.2 Å². The highest BCUT2D eigenvalue weighted by molar-refractivity contribution is 7.13. The van der Waals surface area contributed by atoms with Crippen LogP contribution in [-0.2, 0) is 19.4 Å². The number of rotatable bonds is 6. The summed E-state index contributed by atoms with van der Waals surface area (Å²) in [6.45, 7) is 6.13. The molecule has 0 aliphatic carbocycles. The first-order valence-corrected chi connectivity index (χ1v) is 7.67. The maximum absolute atomic E-state index is 11.5. The van der Waals surface area contributed by atoms with E-state index in [-0.39, 0.29) is 5.78 Å². The number of carbonyl (C=O) groups excluding carboxylic acids is 1. The monoisotopic (exact) mass is 289 g/mol. The zero-order valence-electron chi connectivity index (χ0n) is 12.1. The molecule has 0 spiro atoms. The minimum Gasteiger partial charge on any atom is -0.486 e. The molecule has 0 aliphatic rings. The van der Waals surface area contributed by atoms with Gasteiger partial charge >= 0.3 is 0 Å². The maximum Gasteiger partial charge on any atom is 0.171 e. The molecule has 0 saturated heterocycles. The fourth-order valence-electron chi connectivity index (χ4n) is 1.98. The molecule has 4 heteroatoms. The van der Waals surface area contributed by atoms with Crippen LogP contribution in [0.25, 0.3) is 0 Å². The van der Waals surface area contributed by atoms with Crippen molar-refractivity contribution in [3.8, 4) is 5.75 Å². The van der Waals surface area contributed by atoms with E-state index in [4.69, 9.17) is 4.74 Å². The fourth-order valence-corrected chi connectivity index (χ4v) is 2.94. The highest BCUT2D eigenvalue weighted by Gasteiger charge is 2.13.